The summed E-state index contributed by atoms with van der Waals surface area (Å²) in [5.74, 6) is 1.13. The Morgan fingerprint density at radius 3 is 3.12 bits per heavy atom. The van der Waals surface area contributed by atoms with Gasteiger partial charge in [0.1, 0.15) is 6.33 Å². The van der Waals surface area contributed by atoms with Gasteiger partial charge in [0, 0.05) is 19.3 Å². The molecule has 3 aromatic rings. The Labute approximate surface area is 148 Å². The monoisotopic (exact) mass is 355 g/mol. The molecule has 0 saturated carbocycles. The van der Waals surface area contributed by atoms with Crippen LogP contribution < -0.4 is 0 Å². The predicted octanol–water partition coefficient (Wildman–Crippen LogP) is 2.92. The van der Waals surface area contributed by atoms with Crippen molar-refractivity contribution in [1.82, 2.24) is 25.1 Å². The number of amides is 1. The molecule has 0 N–H and O–H groups in total. The van der Waals surface area contributed by atoms with Gasteiger partial charge < -0.3 is 9.32 Å². The maximum Gasteiger partial charge on any atom is 0.263 e. The summed E-state index contributed by atoms with van der Waals surface area (Å²) in [6.07, 6.45) is 5.02. The van der Waals surface area contributed by atoms with Crippen LogP contribution in [-0.2, 0) is 0 Å². The molecule has 128 valence electrons. The first kappa shape index (κ1) is 15.9. The molecule has 0 spiro atoms. The van der Waals surface area contributed by atoms with Gasteiger partial charge in [-0.05, 0) is 31.2 Å². The average molecular weight is 355 g/mol. The van der Waals surface area contributed by atoms with Crippen LogP contribution in [0.5, 0.6) is 0 Å². The number of hydrogen-bond donors (Lipinski definition) is 0. The normalized spacial score (nSPS) is 17.6. The minimum atomic E-state index is 0.0591. The first-order valence-corrected chi connectivity index (χ1v) is 9.03. The van der Waals surface area contributed by atoms with E-state index in [4.69, 9.17) is 4.42 Å². The number of piperidine rings is 1. The van der Waals surface area contributed by atoms with Crippen molar-refractivity contribution >= 4 is 17.2 Å². The van der Waals surface area contributed by atoms with E-state index in [1.165, 1.54) is 17.7 Å². The van der Waals surface area contributed by atoms with Crippen molar-refractivity contribution in [1.29, 1.82) is 0 Å². The van der Waals surface area contributed by atoms with E-state index in [0.29, 0.717) is 18.3 Å². The highest BCUT2D eigenvalue weighted by Gasteiger charge is 2.29. The molecule has 4 rings (SSSR count). The lowest BCUT2D eigenvalue weighted by Crippen LogP contribution is -2.38. The molecule has 0 bridgehead atoms. The van der Waals surface area contributed by atoms with E-state index in [-0.39, 0.29) is 11.8 Å². The summed E-state index contributed by atoms with van der Waals surface area (Å²) < 4.78 is 5.87. The van der Waals surface area contributed by atoms with Gasteiger partial charge >= 0.3 is 0 Å². The Balaban J connectivity index is 1.52. The zero-order valence-electron chi connectivity index (χ0n) is 13.8. The molecule has 7 nitrogen and oxygen atoms in total. The molecular formula is C17H17N5O2S. The number of rotatable bonds is 3. The maximum absolute atomic E-state index is 12.6. The fraction of sp³-hybridized carbons (Fsp3) is 0.353. The summed E-state index contributed by atoms with van der Waals surface area (Å²) in [6.45, 7) is 3.24. The van der Waals surface area contributed by atoms with E-state index < -0.39 is 0 Å². The van der Waals surface area contributed by atoms with E-state index in [1.54, 1.807) is 6.20 Å². The van der Waals surface area contributed by atoms with Crippen molar-refractivity contribution in [2.45, 2.75) is 25.7 Å². The largest absolute Gasteiger partial charge is 0.420 e. The fourth-order valence-electron chi connectivity index (χ4n) is 3.03. The quantitative estimate of drug-likeness (QED) is 0.718. The number of thiophene rings is 1. The Kier molecular flexibility index (Phi) is 4.27. The van der Waals surface area contributed by atoms with E-state index in [2.05, 4.69) is 20.2 Å². The lowest BCUT2D eigenvalue weighted by molar-refractivity contribution is 0.0703. The molecule has 1 aliphatic rings. The van der Waals surface area contributed by atoms with Crippen molar-refractivity contribution in [2.24, 2.45) is 0 Å². The van der Waals surface area contributed by atoms with Crippen LogP contribution in [0.3, 0.4) is 0 Å². The summed E-state index contributed by atoms with van der Waals surface area (Å²) in [6, 6.07) is 3.76. The standard InChI is InChI=1S/C17H17N5O2S/c1-11-13(8-18-10-19-11)16-21-20-15(24-16)12-4-2-6-22(9-12)17(23)14-5-3-7-25-14/h3,5,7-8,10,12H,2,4,6,9H2,1H3. The Morgan fingerprint density at radius 2 is 2.32 bits per heavy atom. The number of nitrogens with zero attached hydrogens (tertiary/aromatic N) is 5. The lowest BCUT2D eigenvalue weighted by Gasteiger charge is -2.30. The topological polar surface area (TPSA) is 85.0 Å². The molecule has 1 unspecified atom stereocenters. The molecule has 0 aliphatic carbocycles. The van der Waals surface area contributed by atoms with Crippen LogP contribution in [0.1, 0.15) is 40.0 Å². The molecule has 3 aromatic heterocycles. The second kappa shape index (κ2) is 6.72. The van der Waals surface area contributed by atoms with Crippen LogP contribution in [0.15, 0.2) is 34.5 Å². The molecule has 1 aliphatic heterocycles. The van der Waals surface area contributed by atoms with Gasteiger partial charge in [0.2, 0.25) is 5.89 Å². The van der Waals surface area contributed by atoms with Crippen LogP contribution in [0.25, 0.3) is 11.5 Å². The van der Waals surface area contributed by atoms with Crippen molar-refractivity contribution in [2.75, 3.05) is 13.1 Å². The van der Waals surface area contributed by atoms with E-state index in [9.17, 15) is 4.79 Å². The number of carbonyl (C=O) groups excluding carboxylic acids is 1. The number of aryl methyl sites for hydroxylation is 1. The van der Waals surface area contributed by atoms with Crippen LogP contribution in [0.4, 0.5) is 0 Å². The van der Waals surface area contributed by atoms with Gasteiger partial charge in [-0.15, -0.1) is 21.5 Å². The highest BCUT2D eigenvalue weighted by Crippen LogP contribution is 2.29. The van der Waals surface area contributed by atoms with Crippen molar-refractivity contribution in [3.05, 3.63) is 46.5 Å². The molecule has 25 heavy (non-hydrogen) atoms. The maximum atomic E-state index is 12.6. The van der Waals surface area contributed by atoms with Gasteiger partial charge in [-0.2, -0.15) is 0 Å². The lowest BCUT2D eigenvalue weighted by atomic mass is 9.98. The molecule has 0 aromatic carbocycles. The molecule has 1 saturated heterocycles. The predicted molar refractivity (Wildman–Crippen MR) is 92.3 cm³/mol. The Hall–Kier alpha value is -2.61. The second-order valence-electron chi connectivity index (χ2n) is 6.03. The number of aromatic nitrogens is 4. The minimum absolute atomic E-state index is 0.0591. The number of carbonyl (C=O) groups is 1. The summed E-state index contributed by atoms with van der Waals surface area (Å²) in [5, 5.41) is 10.3. The van der Waals surface area contributed by atoms with Gasteiger partial charge in [-0.3, -0.25) is 4.79 Å². The van der Waals surface area contributed by atoms with E-state index in [1.807, 2.05) is 29.3 Å². The third kappa shape index (κ3) is 3.17. The number of hydrogen-bond acceptors (Lipinski definition) is 7. The summed E-state index contributed by atoms with van der Waals surface area (Å²) in [5.41, 5.74) is 1.53. The first-order valence-electron chi connectivity index (χ1n) is 8.15. The molecule has 4 heterocycles. The summed E-state index contributed by atoms with van der Waals surface area (Å²) in [4.78, 5) is 23.4. The molecule has 0 radical (unpaired) electrons. The van der Waals surface area contributed by atoms with E-state index in [0.717, 1.165) is 35.5 Å². The second-order valence-corrected chi connectivity index (χ2v) is 6.98. The fourth-order valence-corrected chi connectivity index (χ4v) is 3.72. The third-order valence-electron chi connectivity index (χ3n) is 4.37. The van der Waals surface area contributed by atoms with Crippen molar-refractivity contribution in [3.63, 3.8) is 0 Å². The third-order valence-corrected chi connectivity index (χ3v) is 5.23. The van der Waals surface area contributed by atoms with E-state index >= 15 is 0 Å². The van der Waals surface area contributed by atoms with Gasteiger partial charge in [-0.1, -0.05) is 6.07 Å². The van der Waals surface area contributed by atoms with Crippen molar-refractivity contribution < 1.29 is 9.21 Å². The van der Waals surface area contributed by atoms with Crippen LogP contribution in [0.2, 0.25) is 0 Å². The minimum Gasteiger partial charge on any atom is -0.420 e. The molecule has 1 atom stereocenters. The number of likely N-dealkylation sites (tertiary alicyclic amines) is 1. The zero-order valence-corrected chi connectivity index (χ0v) is 14.6. The van der Waals surface area contributed by atoms with Crippen LogP contribution in [-0.4, -0.2) is 44.1 Å². The molecule has 1 amide bonds. The zero-order chi connectivity index (χ0) is 17.2. The Morgan fingerprint density at radius 1 is 1.40 bits per heavy atom. The summed E-state index contributed by atoms with van der Waals surface area (Å²) in [7, 11) is 0. The molecular weight excluding hydrogens is 338 g/mol. The molecule has 1 fully saturated rings. The van der Waals surface area contributed by atoms with Crippen LogP contribution >= 0.6 is 11.3 Å². The van der Waals surface area contributed by atoms with Crippen LogP contribution in [0, 0.1) is 6.92 Å². The highest BCUT2D eigenvalue weighted by molar-refractivity contribution is 7.12. The van der Waals surface area contributed by atoms with Gasteiger partial charge in [0.25, 0.3) is 11.8 Å². The SMILES string of the molecule is Cc1ncncc1-c1nnc(C2CCCN(C(=O)c3cccs3)C2)o1. The first-order chi connectivity index (χ1) is 12.2. The van der Waals surface area contributed by atoms with Gasteiger partial charge in [0.15, 0.2) is 0 Å². The van der Waals surface area contributed by atoms with Gasteiger partial charge in [-0.25, -0.2) is 9.97 Å². The smallest absolute Gasteiger partial charge is 0.263 e. The van der Waals surface area contributed by atoms with Crippen molar-refractivity contribution in [3.8, 4) is 11.5 Å². The summed E-state index contributed by atoms with van der Waals surface area (Å²) >= 11 is 1.47. The highest BCUT2D eigenvalue weighted by atomic mass is 32.1. The average Bonchev–Trinajstić information content (AvgIpc) is 3.34. The van der Waals surface area contributed by atoms with Gasteiger partial charge in [0.05, 0.1) is 22.1 Å². The molecule has 8 heteroatoms. The Bertz CT molecular complexity index is 877.